The van der Waals surface area contributed by atoms with Gasteiger partial charge < -0.3 is 5.11 Å². The highest BCUT2D eigenvalue weighted by molar-refractivity contribution is 7.93. The quantitative estimate of drug-likeness (QED) is 0.855. The summed E-state index contributed by atoms with van der Waals surface area (Å²) in [6.07, 6.45) is 0. The van der Waals surface area contributed by atoms with E-state index >= 15 is 0 Å². The number of sulfonamides is 1. The maximum absolute atomic E-state index is 12.0. The summed E-state index contributed by atoms with van der Waals surface area (Å²) >= 11 is 0. The summed E-state index contributed by atoms with van der Waals surface area (Å²) in [5, 5.41) is 8.51. The summed E-state index contributed by atoms with van der Waals surface area (Å²) in [4.78, 5) is 13.6. The van der Waals surface area contributed by atoms with E-state index in [1.165, 1.54) is 0 Å². The number of carboxylic acid groups (broad SMARTS) is 1. The second-order valence-corrected chi connectivity index (χ2v) is 4.44. The third-order valence-corrected chi connectivity index (χ3v) is 2.60. The third-order valence-electron chi connectivity index (χ3n) is 1.51. The standard InChI is InChI=1S/C7H5F3N2O4S/c8-7(9,10)17(15,16)12-5-3-1-2-4(11-5)6(13)14/h1-3H,(H,11,12)(H,13,14). The van der Waals surface area contributed by atoms with Gasteiger partial charge in [-0.2, -0.15) is 21.6 Å². The van der Waals surface area contributed by atoms with Crippen LogP contribution in [-0.4, -0.2) is 30.0 Å². The normalized spacial score (nSPS) is 12.2. The number of halogens is 3. The van der Waals surface area contributed by atoms with Crippen LogP contribution in [0.4, 0.5) is 19.0 Å². The van der Waals surface area contributed by atoms with Crippen LogP contribution in [0.25, 0.3) is 0 Å². The van der Waals surface area contributed by atoms with Gasteiger partial charge in [0.1, 0.15) is 5.82 Å². The van der Waals surface area contributed by atoms with Gasteiger partial charge in [-0.05, 0) is 12.1 Å². The van der Waals surface area contributed by atoms with E-state index in [0.717, 1.165) is 22.9 Å². The zero-order valence-corrected chi connectivity index (χ0v) is 8.71. The van der Waals surface area contributed by atoms with E-state index in [1.54, 1.807) is 0 Å². The topological polar surface area (TPSA) is 96.4 Å². The van der Waals surface area contributed by atoms with Gasteiger partial charge in [0.2, 0.25) is 0 Å². The molecule has 0 aliphatic heterocycles. The predicted octanol–water partition coefficient (Wildman–Crippen LogP) is 1.04. The Bertz CT molecular complexity index is 540. The van der Waals surface area contributed by atoms with Crippen LogP contribution in [0.3, 0.4) is 0 Å². The zero-order valence-electron chi connectivity index (χ0n) is 7.89. The first-order chi connectivity index (χ1) is 7.63. The fourth-order valence-electron chi connectivity index (χ4n) is 0.806. The molecule has 0 aliphatic rings. The molecule has 1 rings (SSSR count). The first-order valence-corrected chi connectivity index (χ1v) is 5.41. The van der Waals surface area contributed by atoms with Crippen molar-refractivity contribution < 1.29 is 31.5 Å². The first-order valence-electron chi connectivity index (χ1n) is 3.93. The van der Waals surface area contributed by atoms with Crippen molar-refractivity contribution in [1.29, 1.82) is 0 Å². The highest BCUT2D eigenvalue weighted by Gasteiger charge is 2.46. The fraction of sp³-hybridized carbons (Fsp3) is 0.143. The Hall–Kier alpha value is -1.84. The molecule has 0 radical (unpaired) electrons. The molecular formula is C7H5F3N2O4S. The Morgan fingerprint density at radius 2 is 1.94 bits per heavy atom. The molecule has 17 heavy (non-hydrogen) atoms. The van der Waals surface area contributed by atoms with Crippen LogP contribution < -0.4 is 4.72 Å². The molecule has 1 aromatic rings. The van der Waals surface area contributed by atoms with Crippen molar-refractivity contribution in [2.24, 2.45) is 0 Å². The lowest BCUT2D eigenvalue weighted by molar-refractivity contribution is -0.0429. The maximum atomic E-state index is 12.0. The Kier molecular flexibility index (Phi) is 3.27. The van der Waals surface area contributed by atoms with Crippen LogP contribution >= 0.6 is 0 Å². The van der Waals surface area contributed by atoms with Crippen LogP contribution in [-0.2, 0) is 10.0 Å². The molecule has 0 atom stereocenters. The number of anilines is 1. The minimum atomic E-state index is -5.60. The van der Waals surface area contributed by atoms with Crippen LogP contribution in [0.2, 0.25) is 0 Å². The summed E-state index contributed by atoms with van der Waals surface area (Å²) < 4.78 is 58.4. The van der Waals surface area contributed by atoms with Gasteiger partial charge in [0, 0.05) is 0 Å². The molecule has 1 aromatic heterocycles. The number of hydrogen-bond acceptors (Lipinski definition) is 4. The van der Waals surface area contributed by atoms with Gasteiger partial charge in [-0.15, -0.1) is 0 Å². The molecule has 0 aromatic carbocycles. The van der Waals surface area contributed by atoms with Crippen molar-refractivity contribution in [3.05, 3.63) is 23.9 Å². The summed E-state index contributed by atoms with van der Waals surface area (Å²) in [6.45, 7) is 0. The lowest BCUT2D eigenvalue weighted by Crippen LogP contribution is -2.30. The number of rotatable bonds is 3. The van der Waals surface area contributed by atoms with Gasteiger partial charge >= 0.3 is 21.5 Å². The van der Waals surface area contributed by atoms with Gasteiger partial charge in [0.05, 0.1) is 0 Å². The molecular weight excluding hydrogens is 265 g/mol. The van der Waals surface area contributed by atoms with E-state index in [9.17, 15) is 26.4 Å². The Labute approximate surface area is 93.1 Å². The van der Waals surface area contributed by atoms with Crippen molar-refractivity contribution in [1.82, 2.24) is 4.98 Å². The summed E-state index contributed by atoms with van der Waals surface area (Å²) in [7, 11) is -5.60. The monoisotopic (exact) mass is 270 g/mol. The fourth-order valence-corrected chi connectivity index (χ4v) is 1.31. The molecule has 0 aliphatic carbocycles. The molecule has 0 saturated heterocycles. The number of carbonyl (C=O) groups is 1. The number of hydrogen-bond donors (Lipinski definition) is 2. The highest BCUT2D eigenvalue weighted by Crippen LogP contribution is 2.24. The predicted molar refractivity (Wildman–Crippen MR) is 49.8 cm³/mol. The Morgan fingerprint density at radius 3 is 2.41 bits per heavy atom. The van der Waals surface area contributed by atoms with E-state index in [4.69, 9.17) is 5.11 Å². The largest absolute Gasteiger partial charge is 0.516 e. The number of aromatic nitrogens is 1. The number of nitrogens with zero attached hydrogens (tertiary/aromatic N) is 1. The second-order valence-electron chi connectivity index (χ2n) is 2.76. The molecule has 0 bridgehead atoms. The Balaban J connectivity index is 3.05. The van der Waals surface area contributed by atoms with Crippen molar-refractivity contribution in [3.63, 3.8) is 0 Å². The van der Waals surface area contributed by atoms with Crippen molar-refractivity contribution in [2.75, 3.05) is 4.72 Å². The first kappa shape index (κ1) is 13.2. The number of aromatic carboxylic acids is 1. The van der Waals surface area contributed by atoms with E-state index in [-0.39, 0.29) is 0 Å². The van der Waals surface area contributed by atoms with E-state index < -0.39 is 33.0 Å². The van der Waals surface area contributed by atoms with E-state index in [1.807, 2.05) is 0 Å². The molecule has 6 nitrogen and oxygen atoms in total. The smallest absolute Gasteiger partial charge is 0.477 e. The molecule has 1 heterocycles. The number of nitrogens with one attached hydrogen (secondary N) is 1. The van der Waals surface area contributed by atoms with Crippen molar-refractivity contribution in [3.8, 4) is 0 Å². The number of pyridine rings is 1. The average Bonchev–Trinajstić information content (AvgIpc) is 2.15. The van der Waals surface area contributed by atoms with Gasteiger partial charge in [0.15, 0.2) is 5.69 Å². The lowest BCUT2D eigenvalue weighted by atomic mass is 10.3. The highest BCUT2D eigenvalue weighted by atomic mass is 32.2. The van der Waals surface area contributed by atoms with Gasteiger partial charge in [-0.1, -0.05) is 6.07 Å². The Morgan fingerprint density at radius 1 is 1.35 bits per heavy atom. The molecule has 0 fully saturated rings. The molecule has 0 saturated carbocycles. The molecule has 2 N–H and O–H groups in total. The average molecular weight is 270 g/mol. The third kappa shape index (κ3) is 3.06. The van der Waals surface area contributed by atoms with Crippen LogP contribution in [0, 0.1) is 0 Å². The minimum absolute atomic E-state index is 0.577. The van der Waals surface area contributed by atoms with Crippen LogP contribution in [0.5, 0.6) is 0 Å². The van der Waals surface area contributed by atoms with Gasteiger partial charge in [0.25, 0.3) is 0 Å². The van der Waals surface area contributed by atoms with Crippen molar-refractivity contribution >= 4 is 21.8 Å². The zero-order chi connectivity index (χ0) is 13.3. The van der Waals surface area contributed by atoms with Crippen LogP contribution in [0.15, 0.2) is 18.2 Å². The van der Waals surface area contributed by atoms with Crippen LogP contribution in [0.1, 0.15) is 10.5 Å². The number of alkyl halides is 3. The molecule has 0 spiro atoms. The summed E-state index contributed by atoms with van der Waals surface area (Å²) in [5.74, 6) is -2.21. The van der Waals surface area contributed by atoms with Crippen molar-refractivity contribution in [2.45, 2.75) is 5.51 Å². The maximum Gasteiger partial charge on any atom is 0.516 e. The molecule has 0 amide bonds. The van der Waals surface area contributed by atoms with E-state index in [2.05, 4.69) is 4.98 Å². The molecule has 0 unspecified atom stereocenters. The summed E-state index contributed by atoms with van der Waals surface area (Å²) in [5.41, 5.74) is -6.07. The van der Waals surface area contributed by atoms with Gasteiger partial charge in [-0.3, -0.25) is 4.72 Å². The second kappa shape index (κ2) is 4.20. The molecule has 94 valence electrons. The minimum Gasteiger partial charge on any atom is -0.477 e. The summed E-state index contributed by atoms with van der Waals surface area (Å²) in [6, 6.07) is 2.97. The SMILES string of the molecule is O=C(O)c1cccc(NS(=O)(=O)C(F)(F)F)n1. The van der Waals surface area contributed by atoms with Gasteiger partial charge in [-0.25, -0.2) is 9.78 Å². The number of carboxylic acids is 1. The van der Waals surface area contributed by atoms with E-state index in [0.29, 0.717) is 0 Å². The lowest BCUT2D eigenvalue weighted by Gasteiger charge is -2.09. The molecule has 10 heteroatoms.